The topological polar surface area (TPSA) is 3.24 Å². The minimum atomic E-state index is 0.445. The molecule has 15 heavy (non-hydrogen) atoms. The van der Waals surface area contributed by atoms with Crippen LogP contribution in [0, 0.1) is 12.3 Å². The summed E-state index contributed by atoms with van der Waals surface area (Å²) in [6.07, 6.45) is 6.53. The minimum absolute atomic E-state index is 0.445. The summed E-state index contributed by atoms with van der Waals surface area (Å²) >= 11 is 0. The van der Waals surface area contributed by atoms with E-state index in [0.29, 0.717) is 12.1 Å². The monoisotopic (exact) mass is 199 g/mol. The maximum atomic E-state index is 5.41. The van der Waals surface area contributed by atoms with E-state index in [0.717, 1.165) is 13.0 Å². The molecule has 1 heterocycles. The molecular weight excluding hydrogens is 182 g/mol. The van der Waals surface area contributed by atoms with Crippen LogP contribution in [0.25, 0.3) is 0 Å². The second-order valence-electron chi connectivity index (χ2n) is 4.30. The smallest absolute Gasteiger partial charge is 0.0606 e. The molecule has 1 heteroatoms. The van der Waals surface area contributed by atoms with Crippen molar-refractivity contribution in [3.63, 3.8) is 0 Å². The fraction of sp³-hybridized carbons (Fsp3) is 0.429. The normalized spacial score (nSPS) is 25.7. The van der Waals surface area contributed by atoms with Crippen LogP contribution in [0.5, 0.6) is 0 Å². The zero-order chi connectivity index (χ0) is 10.8. The number of rotatable bonds is 1. The van der Waals surface area contributed by atoms with Crippen molar-refractivity contribution in [2.24, 2.45) is 0 Å². The molecule has 1 aromatic carbocycles. The Morgan fingerprint density at radius 2 is 2.13 bits per heavy atom. The van der Waals surface area contributed by atoms with Crippen LogP contribution in [0.2, 0.25) is 0 Å². The lowest BCUT2D eigenvalue weighted by Crippen LogP contribution is -2.41. The van der Waals surface area contributed by atoms with E-state index in [4.69, 9.17) is 6.42 Å². The van der Waals surface area contributed by atoms with Gasteiger partial charge in [-0.15, -0.1) is 6.42 Å². The first-order valence-corrected chi connectivity index (χ1v) is 5.51. The van der Waals surface area contributed by atoms with E-state index in [2.05, 4.69) is 48.9 Å². The molecule has 0 radical (unpaired) electrons. The van der Waals surface area contributed by atoms with E-state index in [1.54, 1.807) is 0 Å². The predicted octanol–water partition coefficient (Wildman–Crippen LogP) is 2.63. The standard InChI is InChI=1S/C14H17N/c1-4-9-15-11(2)10-13-7-5-6-8-14(13)12(15)3/h1,5-8,11-12H,9-10H2,2-3H3/t11-,12-/m0/s1. The van der Waals surface area contributed by atoms with E-state index in [1.165, 1.54) is 11.1 Å². The lowest BCUT2D eigenvalue weighted by atomic mass is 9.89. The Kier molecular flexibility index (Phi) is 2.79. The lowest BCUT2D eigenvalue weighted by Gasteiger charge is -2.39. The van der Waals surface area contributed by atoms with E-state index < -0.39 is 0 Å². The molecule has 78 valence electrons. The molecule has 1 aromatic rings. The Bertz CT molecular complexity index is 389. The average molecular weight is 199 g/mol. The molecule has 1 aliphatic rings. The Labute approximate surface area is 92.1 Å². The van der Waals surface area contributed by atoms with Crippen molar-refractivity contribution < 1.29 is 0 Å². The molecule has 0 saturated carbocycles. The van der Waals surface area contributed by atoms with E-state index in [-0.39, 0.29) is 0 Å². The van der Waals surface area contributed by atoms with Crippen LogP contribution < -0.4 is 0 Å². The van der Waals surface area contributed by atoms with Crippen molar-refractivity contribution >= 4 is 0 Å². The molecule has 0 spiro atoms. The van der Waals surface area contributed by atoms with Gasteiger partial charge in [-0.05, 0) is 31.4 Å². The summed E-state index contributed by atoms with van der Waals surface area (Å²) in [4.78, 5) is 2.39. The highest BCUT2D eigenvalue weighted by Crippen LogP contribution is 2.31. The zero-order valence-corrected chi connectivity index (χ0v) is 9.40. The summed E-state index contributed by atoms with van der Waals surface area (Å²) in [5.41, 5.74) is 2.91. The third kappa shape index (κ3) is 1.78. The zero-order valence-electron chi connectivity index (χ0n) is 9.40. The number of hydrogen-bond acceptors (Lipinski definition) is 1. The lowest BCUT2D eigenvalue weighted by molar-refractivity contribution is 0.160. The van der Waals surface area contributed by atoms with Gasteiger partial charge in [0.25, 0.3) is 0 Å². The highest BCUT2D eigenvalue weighted by atomic mass is 15.2. The number of terminal acetylenes is 1. The molecule has 0 aromatic heterocycles. The van der Waals surface area contributed by atoms with Gasteiger partial charge in [-0.25, -0.2) is 0 Å². The van der Waals surface area contributed by atoms with Crippen molar-refractivity contribution in [2.45, 2.75) is 32.4 Å². The third-order valence-corrected chi connectivity index (χ3v) is 3.36. The van der Waals surface area contributed by atoms with Gasteiger partial charge in [0, 0.05) is 12.1 Å². The number of hydrogen-bond donors (Lipinski definition) is 0. The fourth-order valence-electron chi connectivity index (χ4n) is 2.52. The van der Waals surface area contributed by atoms with Crippen LogP contribution in [0.4, 0.5) is 0 Å². The van der Waals surface area contributed by atoms with Gasteiger partial charge in [-0.2, -0.15) is 0 Å². The Morgan fingerprint density at radius 1 is 1.40 bits per heavy atom. The number of fused-ring (bicyclic) bond motifs is 1. The van der Waals surface area contributed by atoms with Gasteiger partial charge in [0.15, 0.2) is 0 Å². The van der Waals surface area contributed by atoms with Crippen molar-refractivity contribution in [3.05, 3.63) is 35.4 Å². The Hall–Kier alpha value is -1.26. The van der Waals surface area contributed by atoms with Crippen LogP contribution in [0.3, 0.4) is 0 Å². The average Bonchev–Trinajstić information content (AvgIpc) is 2.24. The van der Waals surface area contributed by atoms with E-state index in [9.17, 15) is 0 Å². The maximum absolute atomic E-state index is 5.41. The second kappa shape index (κ2) is 4.08. The van der Waals surface area contributed by atoms with E-state index >= 15 is 0 Å². The molecule has 1 aliphatic heterocycles. The molecule has 0 N–H and O–H groups in total. The largest absolute Gasteiger partial charge is 0.283 e. The Morgan fingerprint density at radius 3 is 2.87 bits per heavy atom. The van der Waals surface area contributed by atoms with Gasteiger partial charge < -0.3 is 0 Å². The van der Waals surface area contributed by atoms with Crippen LogP contribution >= 0.6 is 0 Å². The molecule has 0 unspecified atom stereocenters. The highest BCUT2D eigenvalue weighted by molar-refractivity contribution is 5.33. The Balaban J connectivity index is 2.35. The first kappa shape index (κ1) is 10.3. The summed E-state index contributed by atoms with van der Waals surface area (Å²) < 4.78 is 0. The molecule has 0 aliphatic carbocycles. The minimum Gasteiger partial charge on any atom is -0.283 e. The third-order valence-electron chi connectivity index (χ3n) is 3.36. The van der Waals surface area contributed by atoms with Crippen LogP contribution in [0.1, 0.15) is 31.0 Å². The van der Waals surface area contributed by atoms with Gasteiger partial charge in [-0.3, -0.25) is 4.90 Å². The van der Waals surface area contributed by atoms with Gasteiger partial charge in [0.1, 0.15) is 0 Å². The predicted molar refractivity (Wildman–Crippen MR) is 63.6 cm³/mol. The molecule has 0 fully saturated rings. The molecule has 2 atom stereocenters. The molecule has 0 amide bonds. The number of nitrogens with zero attached hydrogens (tertiary/aromatic N) is 1. The molecular formula is C14H17N. The van der Waals surface area contributed by atoms with Gasteiger partial charge in [-0.1, -0.05) is 30.2 Å². The first-order chi connectivity index (χ1) is 7.24. The SMILES string of the molecule is C#CCN1[C@@H](C)Cc2ccccc2[C@@H]1C. The fourth-order valence-corrected chi connectivity index (χ4v) is 2.52. The maximum Gasteiger partial charge on any atom is 0.0606 e. The van der Waals surface area contributed by atoms with Crippen molar-refractivity contribution in [1.29, 1.82) is 0 Å². The van der Waals surface area contributed by atoms with Crippen LogP contribution in [-0.4, -0.2) is 17.5 Å². The second-order valence-corrected chi connectivity index (χ2v) is 4.30. The summed E-state index contributed by atoms with van der Waals surface area (Å²) in [6, 6.07) is 9.67. The van der Waals surface area contributed by atoms with Crippen molar-refractivity contribution in [1.82, 2.24) is 4.90 Å². The summed E-state index contributed by atoms with van der Waals surface area (Å²) in [5.74, 6) is 2.75. The van der Waals surface area contributed by atoms with Gasteiger partial charge in [0.05, 0.1) is 6.54 Å². The molecule has 0 saturated heterocycles. The van der Waals surface area contributed by atoms with Crippen molar-refractivity contribution in [2.75, 3.05) is 6.54 Å². The van der Waals surface area contributed by atoms with Crippen LogP contribution in [-0.2, 0) is 6.42 Å². The number of benzene rings is 1. The van der Waals surface area contributed by atoms with E-state index in [1.807, 2.05) is 0 Å². The summed E-state index contributed by atoms with van der Waals surface area (Å²) in [7, 11) is 0. The van der Waals surface area contributed by atoms with Gasteiger partial charge >= 0.3 is 0 Å². The first-order valence-electron chi connectivity index (χ1n) is 5.51. The molecule has 2 rings (SSSR count). The van der Waals surface area contributed by atoms with Crippen molar-refractivity contribution in [3.8, 4) is 12.3 Å². The van der Waals surface area contributed by atoms with Gasteiger partial charge in [0.2, 0.25) is 0 Å². The molecule has 0 bridgehead atoms. The molecule has 1 nitrogen and oxygen atoms in total. The highest BCUT2D eigenvalue weighted by Gasteiger charge is 2.27. The summed E-state index contributed by atoms with van der Waals surface area (Å²) in [6.45, 7) is 5.24. The quantitative estimate of drug-likeness (QED) is 0.628. The summed E-state index contributed by atoms with van der Waals surface area (Å²) in [5, 5.41) is 0. The van der Waals surface area contributed by atoms with Crippen LogP contribution in [0.15, 0.2) is 24.3 Å².